The maximum atomic E-state index is 12.6. The van der Waals surface area contributed by atoms with Crippen LogP contribution >= 0.6 is 22.9 Å². The fourth-order valence-corrected chi connectivity index (χ4v) is 3.48. The summed E-state index contributed by atoms with van der Waals surface area (Å²) in [6.45, 7) is 2.12. The molecule has 3 rings (SSSR count). The van der Waals surface area contributed by atoms with Crippen molar-refractivity contribution in [2.75, 3.05) is 19.5 Å². The van der Waals surface area contributed by atoms with E-state index in [2.05, 4.69) is 20.6 Å². The molecule has 0 atom stereocenters. The van der Waals surface area contributed by atoms with Crippen LogP contribution in [0.15, 0.2) is 36.5 Å². The first kappa shape index (κ1) is 19.9. The van der Waals surface area contributed by atoms with E-state index < -0.39 is 0 Å². The molecule has 2 aromatic heterocycles. The largest absolute Gasteiger partial charge is 0.497 e. The molecule has 146 valence electrons. The Hall–Kier alpha value is -2.84. The molecule has 0 spiro atoms. The second-order valence-electron chi connectivity index (χ2n) is 5.78. The van der Waals surface area contributed by atoms with Gasteiger partial charge in [-0.3, -0.25) is 4.79 Å². The minimum absolute atomic E-state index is 0.204. The monoisotopic (exact) mass is 418 g/mol. The summed E-state index contributed by atoms with van der Waals surface area (Å²) in [6, 6.07) is 8.93. The lowest BCUT2D eigenvalue weighted by atomic mass is 10.2. The summed E-state index contributed by atoms with van der Waals surface area (Å²) in [6.07, 6.45) is 1.54. The van der Waals surface area contributed by atoms with Crippen LogP contribution in [0.1, 0.15) is 20.9 Å². The summed E-state index contributed by atoms with van der Waals surface area (Å²) in [4.78, 5) is 21.7. The second-order valence-corrected chi connectivity index (χ2v) is 7.22. The number of amides is 1. The van der Waals surface area contributed by atoms with Crippen molar-refractivity contribution >= 4 is 39.8 Å². The van der Waals surface area contributed by atoms with Gasteiger partial charge < -0.3 is 20.1 Å². The summed E-state index contributed by atoms with van der Waals surface area (Å²) in [7, 11) is 3.17. The van der Waals surface area contributed by atoms with Crippen LogP contribution in [-0.2, 0) is 6.54 Å². The van der Waals surface area contributed by atoms with Gasteiger partial charge in [-0.05, 0) is 31.2 Å². The number of hydrogen-bond donors (Lipinski definition) is 2. The number of pyridine rings is 1. The fourth-order valence-electron chi connectivity index (χ4n) is 2.47. The zero-order chi connectivity index (χ0) is 20.1. The van der Waals surface area contributed by atoms with E-state index in [1.807, 2.05) is 12.1 Å². The van der Waals surface area contributed by atoms with Crippen molar-refractivity contribution in [2.45, 2.75) is 13.5 Å². The van der Waals surface area contributed by atoms with E-state index in [4.69, 9.17) is 21.1 Å². The number of halogens is 1. The number of methoxy groups -OCH3 is 2. The van der Waals surface area contributed by atoms with Crippen LogP contribution in [0, 0.1) is 6.92 Å². The van der Waals surface area contributed by atoms with Crippen LogP contribution in [-0.4, -0.2) is 30.1 Å². The van der Waals surface area contributed by atoms with Crippen molar-refractivity contribution in [1.29, 1.82) is 0 Å². The Bertz CT molecular complexity index is 976. The summed E-state index contributed by atoms with van der Waals surface area (Å²) in [5.74, 6) is 1.74. The van der Waals surface area contributed by atoms with E-state index in [0.29, 0.717) is 44.6 Å². The Morgan fingerprint density at radius 1 is 1.21 bits per heavy atom. The second kappa shape index (κ2) is 8.90. The maximum Gasteiger partial charge on any atom is 0.263 e. The molecule has 2 heterocycles. The van der Waals surface area contributed by atoms with Gasteiger partial charge in [0.15, 0.2) is 5.13 Å². The number of aryl methyl sites for hydroxylation is 1. The van der Waals surface area contributed by atoms with Gasteiger partial charge in [-0.1, -0.05) is 22.9 Å². The van der Waals surface area contributed by atoms with Gasteiger partial charge in [-0.25, -0.2) is 9.97 Å². The first-order chi connectivity index (χ1) is 13.5. The Labute approximate surface area is 171 Å². The standard InChI is InChI=1S/C19H19ClN4O3S/c1-11-17(28-19(23-11)24-16-7-5-13(20)10-21-16)18(25)22-9-12-4-6-14(26-2)8-15(12)27-3/h4-8,10H,9H2,1-3H3,(H,22,25)(H,21,23,24). The van der Waals surface area contributed by atoms with Gasteiger partial charge in [0.2, 0.25) is 0 Å². The molecule has 28 heavy (non-hydrogen) atoms. The number of aromatic nitrogens is 2. The summed E-state index contributed by atoms with van der Waals surface area (Å²) < 4.78 is 10.5. The zero-order valence-electron chi connectivity index (χ0n) is 15.6. The quantitative estimate of drug-likeness (QED) is 0.598. The Morgan fingerprint density at radius 2 is 2.04 bits per heavy atom. The molecule has 0 aliphatic rings. The minimum Gasteiger partial charge on any atom is -0.497 e. The summed E-state index contributed by atoms with van der Waals surface area (Å²) in [5, 5.41) is 7.11. The zero-order valence-corrected chi connectivity index (χ0v) is 17.1. The van der Waals surface area contributed by atoms with Gasteiger partial charge >= 0.3 is 0 Å². The number of anilines is 2. The highest BCUT2D eigenvalue weighted by molar-refractivity contribution is 7.17. The molecule has 3 aromatic rings. The van der Waals surface area contributed by atoms with Gasteiger partial charge in [0, 0.05) is 24.4 Å². The van der Waals surface area contributed by atoms with Crippen LogP contribution in [0.4, 0.5) is 10.9 Å². The summed E-state index contributed by atoms with van der Waals surface area (Å²) >= 11 is 7.10. The van der Waals surface area contributed by atoms with Crippen LogP contribution in [0.25, 0.3) is 0 Å². The van der Waals surface area contributed by atoms with Crippen molar-refractivity contribution in [3.63, 3.8) is 0 Å². The van der Waals surface area contributed by atoms with Crippen molar-refractivity contribution < 1.29 is 14.3 Å². The van der Waals surface area contributed by atoms with E-state index >= 15 is 0 Å². The molecule has 0 saturated heterocycles. The van der Waals surface area contributed by atoms with E-state index in [1.165, 1.54) is 11.3 Å². The smallest absolute Gasteiger partial charge is 0.263 e. The van der Waals surface area contributed by atoms with Crippen LogP contribution < -0.4 is 20.1 Å². The predicted octanol–water partition coefficient (Wildman–Crippen LogP) is 4.19. The van der Waals surface area contributed by atoms with Crippen molar-refractivity contribution in [3.05, 3.63) is 57.7 Å². The molecular formula is C19H19ClN4O3S. The third kappa shape index (κ3) is 4.71. The molecule has 0 aliphatic carbocycles. The Kier molecular flexibility index (Phi) is 6.33. The average molecular weight is 419 g/mol. The van der Waals surface area contributed by atoms with Gasteiger partial charge in [-0.15, -0.1) is 0 Å². The van der Waals surface area contributed by atoms with Gasteiger partial charge in [-0.2, -0.15) is 0 Å². The number of carbonyl (C=O) groups is 1. The SMILES string of the molecule is COc1ccc(CNC(=O)c2sc(Nc3ccc(Cl)cn3)nc2C)c(OC)c1. The number of thiazole rings is 1. The molecule has 2 N–H and O–H groups in total. The number of nitrogens with one attached hydrogen (secondary N) is 2. The topological polar surface area (TPSA) is 85.4 Å². The number of ether oxygens (including phenoxy) is 2. The third-order valence-electron chi connectivity index (χ3n) is 3.90. The van der Waals surface area contributed by atoms with Crippen LogP contribution in [0.3, 0.4) is 0 Å². The molecule has 0 bridgehead atoms. The van der Waals surface area contributed by atoms with Gasteiger partial charge in [0.1, 0.15) is 22.2 Å². The summed E-state index contributed by atoms with van der Waals surface area (Å²) in [5.41, 5.74) is 1.49. The normalized spacial score (nSPS) is 10.4. The molecule has 1 aromatic carbocycles. The van der Waals surface area contributed by atoms with Crippen molar-refractivity contribution in [1.82, 2.24) is 15.3 Å². The van der Waals surface area contributed by atoms with Crippen molar-refractivity contribution in [3.8, 4) is 11.5 Å². The number of rotatable bonds is 7. The van der Waals surface area contributed by atoms with Crippen molar-refractivity contribution in [2.24, 2.45) is 0 Å². The third-order valence-corrected chi connectivity index (χ3v) is 5.19. The lowest BCUT2D eigenvalue weighted by molar-refractivity contribution is 0.0954. The molecule has 0 unspecified atom stereocenters. The molecule has 1 amide bonds. The average Bonchev–Trinajstić information content (AvgIpc) is 3.07. The fraction of sp³-hybridized carbons (Fsp3) is 0.211. The molecule has 0 fully saturated rings. The first-order valence-electron chi connectivity index (χ1n) is 8.35. The van der Waals surface area contributed by atoms with E-state index in [9.17, 15) is 4.79 Å². The Morgan fingerprint density at radius 3 is 2.71 bits per heavy atom. The molecular weight excluding hydrogens is 400 g/mol. The van der Waals surface area contributed by atoms with Crippen LogP contribution in [0.5, 0.6) is 11.5 Å². The molecule has 0 aliphatic heterocycles. The number of benzene rings is 1. The van der Waals surface area contributed by atoms with Gasteiger partial charge in [0.05, 0.1) is 24.9 Å². The lowest BCUT2D eigenvalue weighted by Gasteiger charge is -2.11. The molecule has 0 saturated carbocycles. The van der Waals surface area contributed by atoms with E-state index in [0.717, 1.165) is 5.56 Å². The first-order valence-corrected chi connectivity index (χ1v) is 9.54. The highest BCUT2D eigenvalue weighted by Crippen LogP contribution is 2.27. The lowest BCUT2D eigenvalue weighted by Crippen LogP contribution is -2.22. The molecule has 9 heteroatoms. The molecule has 0 radical (unpaired) electrons. The number of hydrogen-bond acceptors (Lipinski definition) is 7. The highest BCUT2D eigenvalue weighted by Gasteiger charge is 2.16. The Balaban J connectivity index is 1.68. The van der Waals surface area contributed by atoms with E-state index in [-0.39, 0.29) is 5.91 Å². The minimum atomic E-state index is -0.204. The number of nitrogens with zero attached hydrogens (tertiary/aromatic N) is 2. The number of carbonyl (C=O) groups excluding carboxylic acids is 1. The molecule has 7 nitrogen and oxygen atoms in total. The maximum absolute atomic E-state index is 12.6. The van der Waals surface area contributed by atoms with Gasteiger partial charge in [0.25, 0.3) is 5.91 Å². The van der Waals surface area contributed by atoms with Crippen LogP contribution in [0.2, 0.25) is 5.02 Å². The highest BCUT2D eigenvalue weighted by atomic mass is 35.5. The van der Waals surface area contributed by atoms with E-state index in [1.54, 1.807) is 45.5 Å². The predicted molar refractivity (Wildman–Crippen MR) is 110 cm³/mol.